The van der Waals surface area contributed by atoms with Crippen LogP contribution in [0.4, 0.5) is 0 Å². The predicted molar refractivity (Wildman–Crippen MR) is 66.6 cm³/mol. The molecule has 2 nitrogen and oxygen atoms in total. The molecule has 0 amide bonds. The molecule has 0 aliphatic carbocycles. The summed E-state index contributed by atoms with van der Waals surface area (Å²) in [6.45, 7) is 0. The number of rotatable bonds is 1. The topological polar surface area (TPSA) is 40.5 Å². The number of fused-ring (bicyclic) bond motifs is 1. The zero-order chi connectivity index (χ0) is 10.3. The number of benzene rings is 1. The van der Waals surface area contributed by atoms with Crippen LogP contribution in [0.25, 0.3) is 10.1 Å². The van der Waals surface area contributed by atoms with Crippen molar-refractivity contribution < 1.29 is 10.0 Å². The minimum atomic E-state index is -1.47. The van der Waals surface area contributed by atoms with Crippen molar-refractivity contribution in [3.63, 3.8) is 0 Å². The summed E-state index contributed by atoms with van der Waals surface area (Å²) < 4.78 is 1.64. The maximum absolute atomic E-state index is 9.12. The molecule has 0 saturated heterocycles. The first-order chi connectivity index (χ1) is 6.61. The summed E-state index contributed by atoms with van der Waals surface area (Å²) in [5.41, 5.74) is 0.449. The van der Waals surface area contributed by atoms with Gasteiger partial charge in [0.05, 0.1) is 0 Å². The van der Waals surface area contributed by atoms with Gasteiger partial charge in [-0.25, -0.2) is 0 Å². The van der Waals surface area contributed by atoms with Crippen molar-refractivity contribution in [3.05, 3.63) is 22.0 Å². The Morgan fingerprint density at radius 2 is 2.14 bits per heavy atom. The Labute approximate surface area is 99.3 Å². The number of thiol groups is 1. The third kappa shape index (κ3) is 1.61. The van der Waals surface area contributed by atoms with E-state index in [0.717, 1.165) is 15.0 Å². The third-order valence-electron chi connectivity index (χ3n) is 1.98. The van der Waals surface area contributed by atoms with Crippen molar-refractivity contribution in [2.45, 2.75) is 4.90 Å². The molecule has 0 bridgehead atoms. The molecule has 0 atom stereocenters. The van der Waals surface area contributed by atoms with Gasteiger partial charge in [-0.05, 0) is 38.9 Å². The molecule has 1 aromatic heterocycles. The second kappa shape index (κ2) is 3.86. The monoisotopic (exact) mass is 288 g/mol. The van der Waals surface area contributed by atoms with Crippen LogP contribution in [0.5, 0.6) is 0 Å². The average molecular weight is 289 g/mol. The molecule has 1 heterocycles. The first-order valence-electron chi connectivity index (χ1n) is 3.86. The van der Waals surface area contributed by atoms with E-state index in [4.69, 9.17) is 10.0 Å². The smallest absolute Gasteiger partial charge is 0.423 e. The fourth-order valence-electron chi connectivity index (χ4n) is 1.28. The van der Waals surface area contributed by atoms with Gasteiger partial charge in [-0.3, -0.25) is 0 Å². The largest absolute Gasteiger partial charge is 0.489 e. The molecule has 2 rings (SSSR count). The van der Waals surface area contributed by atoms with Crippen molar-refractivity contribution in [1.82, 2.24) is 0 Å². The Bertz CT molecular complexity index is 483. The number of hydrogen-bond acceptors (Lipinski definition) is 4. The van der Waals surface area contributed by atoms with Gasteiger partial charge in [0.15, 0.2) is 0 Å². The molecule has 0 unspecified atom stereocenters. The summed E-state index contributed by atoms with van der Waals surface area (Å²) in [5, 5.41) is 21.2. The first-order valence-corrected chi connectivity index (χ1v) is 5.98. The second-order valence-electron chi connectivity index (χ2n) is 2.83. The van der Waals surface area contributed by atoms with Crippen molar-refractivity contribution in [1.29, 1.82) is 0 Å². The quantitative estimate of drug-likeness (QED) is 0.551. The zero-order valence-corrected chi connectivity index (χ0v) is 10.2. The molecule has 2 aromatic rings. The van der Waals surface area contributed by atoms with E-state index in [2.05, 4.69) is 28.6 Å². The van der Waals surface area contributed by atoms with Crippen molar-refractivity contribution in [2.75, 3.05) is 0 Å². The predicted octanol–water partition coefficient (Wildman–Crippen LogP) is 1.63. The van der Waals surface area contributed by atoms with E-state index < -0.39 is 7.12 Å². The Hall–Kier alpha value is -0.00506. The molecule has 6 heteroatoms. The molecule has 14 heavy (non-hydrogen) atoms. The Kier molecular flexibility index (Phi) is 2.90. The molecule has 0 fully saturated rings. The second-order valence-corrected chi connectivity index (χ2v) is 5.02. The maximum atomic E-state index is 9.12. The molecular formula is C8H6BBrO2S2. The van der Waals surface area contributed by atoms with Crippen LogP contribution in [-0.2, 0) is 0 Å². The van der Waals surface area contributed by atoms with Gasteiger partial charge in [0.25, 0.3) is 0 Å². The summed E-state index contributed by atoms with van der Waals surface area (Å²) in [6, 6.07) is 3.72. The first kappa shape index (κ1) is 10.5. The summed E-state index contributed by atoms with van der Waals surface area (Å²) in [7, 11) is -1.47. The van der Waals surface area contributed by atoms with Crippen molar-refractivity contribution >= 4 is 62.6 Å². The third-order valence-corrected chi connectivity index (χ3v) is 4.47. The van der Waals surface area contributed by atoms with Crippen LogP contribution in [0.1, 0.15) is 0 Å². The highest BCUT2D eigenvalue weighted by molar-refractivity contribution is 9.10. The minimum Gasteiger partial charge on any atom is -0.423 e. The molecule has 0 saturated carbocycles. The molecule has 0 aliphatic heterocycles. The fraction of sp³-hybridized carbons (Fsp3) is 0. The number of thiophene rings is 1. The summed E-state index contributed by atoms with van der Waals surface area (Å²) in [4.78, 5) is 0.742. The fourth-order valence-corrected chi connectivity index (χ4v) is 3.05. The van der Waals surface area contributed by atoms with Crippen molar-refractivity contribution in [2.24, 2.45) is 0 Å². The molecule has 72 valence electrons. The van der Waals surface area contributed by atoms with E-state index in [1.54, 1.807) is 17.4 Å². The Balaban J connectivity index is 2.80. The number of hydrogen-bond donors (Lipinski definition) is 3. The molecule has 1 aromatic carbocycles. The van der Waals surface area contributed by atoms with Gasteiger partial charge >= 0.3 is 7.12 Å². The average Bonchev–Trinajstić information content (AvgIpc) is 2.58. The van der Waals surface area contributed by atoms with E-state index in [1.165, 1.54) is 0 Å². The molecule has 0 spiro atoms. The van der Waals surface area contributed by atoms with Gasteiger partial charge in [-0.2, -0.15) is 0 Å². The SMILES string of the molecule is OB(O)c1cc2sccc2c(S)c1Br. The van der Waals surface area contributed by atoms with Crippen LogP contribution in [0.2, 0.25) is 0 Å². The van der Waals surface area contributed by atoms with Gasteiger partial charge < -0.3 is 10.0 Å². The lowest BCUT2D eigenvalue weighted by atomic mass is 9.80. The highest BCUT2D eigenvalue weighted by Crippen LogP contribution is 2.31. The van der Waals surface area contributed by atoms with Gasteiger partial charge in [0.2, 0.25) is 0 Å². The Morgan fingerprint density at radius 3 is 2.79 bits per heavy atom. The van der Waals surface area contributed by atoms with Crippen LogP contribution in [0.15, 0.2) is 26.9 Å². The Morgan fingerprint density at radius 1 is 1.43 bits per heavy atom. The normalized spacial score (nSPS) is 10.9. The van der Waals surface area contributed by atoms with Crippen LogP contribution < -0.4 is 5.46 Å². The lowest BCUT2D eigenvalue weighted by Crippen LogP contribution is -2.31. The molecule has 0 aliphatic rings. The van der Waals surface area contributed by atoms with E-state index in [0.29, 0.717) is 9.94 Å². The standard InChI is InChI=1S/C8H6BBrO2S2/c10-7-5(9(11)12)3-6-4(8(7)13)1-2-14-6/h1-3,11-13H. The van der Waals surface area contributed by atoms with E-state index >= 15 is 0 Å². The highest BCUT2D eigenvalue weighted by Gasteiger charge is 2.18. The van der Waals surface area contributed by atoms with Gasteiger partial charge in [-0.1, -0.05) is 0 Å². The van der Waals surface area contributed by atoms with Gasteiger partial charge in [0, 0.05) is 19.5 Å². The van der Waals surface area contributed by atoms with Crippen molar-refractivity contribution in [3.8, 4) is 0 Å². The van der Waals surface area contributed by atoms with Crippen LogP contribution in [-0.4, -0.2) is 17.2 Å². The molecular weight excluding hydrogens is 283 g/mol. The lowest BCUT2D eigenvalue weighted by Gasteiger charge is -2.06. The summed E-state index contributed by atoms with van der Waals surface area (Å²) >= 11 is 9.18. The zero-order valence-electron chi connectivity index (χ0n) is 6.94. The van der Waals surface area contributed by atoms with E-state index in [-0.39, 0.29) is 0 Å². The summed E-state index contributed by atoms with van der Waals surface area (Å²) in [6.07, 6.45) is 0. The molecule has 0 radical (unpaired) electrons. The van der Waals surface area contributed by atoms with E-state index in [9.17, 15) is 0 Å². The lowest BCUT2D eigenvalue weighted by molar-refractivity contribution is 0.425. The highest BCUT2D eigenvalue weighted by atomic mass is 79.9. The van der Waals surface area contributed by atoms with Crippen LogP contribution >= 0.6 is 39.9 Å². The molecule has 2 N–H and O–H groups in total. The van der Waals surface area contributed by atoms with Crippen LogP contribution in [0.3, 0.4) is 0 Å². The van der Waals surface area contributed by atoms with E-state index in [1.807, 2.05) is 11.4 Å². The van der Waals surface area contributed by atoms with Gasteiger partial charge in [0.1, 0.15) is 0 Å². The maximum Gasteiger partial charge on any atom is 0.489 e. The van der Waals surface area contributed by atoms with Crippen LogP contribution in [0, 0.1) is 0 Å². The number of halogens is 1. The minimum absolute atomic E-state index is 0.449. The van der Waals surface area contributed by atoms with Gasteiger partial charge in [-0.15, -0.1) is 24.0 Å². The summed E-state index contributed by atoms with van der Waals surface area (Å²) in [5.74, 6) is 0.